The zero-order valence-electron chi connectivity index (χ0n) is 30.2. The summed E-state index contributed by atoms with van der Waals surface area (Å²) in [6, 6.07) is 27.7. The van der Waals surface area contributed by atoms with Crippen molar-refractivity contribution in [3.63, 3.8) is 0 Å². The molecule has 9 nitrogen and oxygen atoms in total. The first-order valence-corrected chi connectivity index (χ1v) is 18.7. The first-order chi connectivity index (χ1) is 24.8. The number of carbonyl (C=O) groups is 2. The normalized spacial score (nSPS) is 14.0. The molecule has 0 saturated heterocycles. The summed E-state index contributed by atoms with van der Waals surface area (Å²) in [6.45, 7) is 3.13. The summed E-state index contributed by atoms with van der Waals surface area (Å²) >= 11 is 1.32. The van der Waals surface area contributed by atoms with Gasteiger partial charge in [0.25, 0.3) is 0 Å². The maximum Gasteiger partial charge on any atom is 0.407 e. The quantitative estimate of drug-likeness (QED) is 0.118. The van der Waals surface area contributed by atoms with Crippen LogP contribution in [0, 0.1) is 5.92 Å². The summed E-state index contributed by atoms with van der Waals surface area (Å²) in [6.07, 6.45) is -3.59. The molecule has 0 spiro atoms. The Labute approximate surface area is 300 Å². The number of thiazole rings is 1. The number of aromatic nitrogens is 1. The lowest BCUT2D eigenvalue weighted by atomic mass is 9.81. The van der Waals surface area contributed by atoms with Crippen molar-refractivity contribution in [2.45, 2.75) is 56.0 Å². The number of sulfonamides is 1. The summed E-state index contributed by atoms with van der Waals surface area (Å²) in [4.78, 5) is 31.3. The maximum absolute atomic E-state index is 14.4. The molecule has 11 heteroatoms. The molecule has 0 radical (unpaired) electrons. The number of hydrogen-bond acceptors (Lipinski definition) is 8. The van der Waals surface area contributed by atoms with Gasteiger partial charge in [0, 0.05) is 27.7 Å². The minimum absolute atomic E-state index is 0.0328. The van der Waals surface area contributed by atoms with Gasteiger partial charge in [0.1, 0.15) is 6.04 Å². The zero-order chi connectivity index (χ0) is 37.5. The van der Waals surface area contributed by atoms with Gasteiger partial charge in [-0.25, -0.2) is 18.2 Å². The number of amides is 1. The summed E-state index contributed by atoms with van der Waals surface area (Å²) in [5, 5.41) is 13.4. The molecule has 0 aliphatic carbocycles. The van der Waals surface area contributed by atoms with Crippen LogP contribution in [-0.4, -0.2) is 67.0 Å². The largest absolute Gasteiger partial charge is 0.453 e. The van der Waals surface area contributed by atoms with Gasteiger partial charge < -0.3 is 15.2 Å². The Balaban J connectivity index is 1.48. The molecule has 0 bridgehead atoms. The van der Waals surface area contributed by atoms with E-state index in [1.807, 2.05) is 74.5 Å². The number of ketones is 1. The minimum atomic E-state index is -4.17. The molecule has 4 aromatic carbocycles. The predicted octanol–water partition coefficient (Wildman–Crippen LogP) is 6.61. The monoisotopic (exact) mass is 715 g/mol. The third-order valence-corrected chi connectivity index (χ3v) is 11.1. The van der Waals surface area contributed by atoms with E-state index >= 15 is 0 Å². The standard InChI is InChI=1S/C39H43N3O6S2/c1-27(2)24-42(50(46,47)33-20-21-34-36(23-33)49-26-40-34)32(25-43)19-18-28-12-10-11-17-31(28)22-35(44)38(41-39(45)48-3)37(29-13-6-4-7-14-29)30-15-8-5-9-16-30/h4-17,20-21,23,26-27,32,37-38,43H,18-19,22,24-25H2,1-3H3,(H,41,45)/t32-,38+/m0/s1/i18D2. The molecule has 0 aliphatic heterocycles. The van der Waals surface area contributed by atoms with Gasteiger partial charge >= 0.3 is 6.09 Å². The van der Waals surface area contributed by atoms with Gasteiger partial charge in [-0.05, 0) is 59.2 Å². The van der Waals surface area contributed by atoms with Crippen LogP contribution in [0.15, 0.2) is 114 Å². The van der Waals surface area contributed by atoms with Gasteiger partial charge in [-0.3, -0.25) is 4.79 Å². The van der Waals surface area contributed by atoms with E-state index in [1.54, 1.807) is 41.9 Å². The van der Waals surface area contributed by atoms with E-state index in [1.165, 1.54) is 28.8 Å². The molecule has 2 N–H and O–H groups in total. The van der Waals surface area contributed by atoms with Crippen LogP contribution in [-0.2, 0) is 32.3 Å². The Morgan fingerprint density at radius 2 is 1.56 bits per heavy atom. The van der Waals surface area contributed by atoms with E-state index in [0.717, 1.165) is 11.1 Å². The Bertz CT molecular complexity index is 2040. The number of carbonyl (C=O) groups excluding carboxylic acids is 2. The molecule has 50 heavy (non-hydrogen) atoms. The number of fused-ring (bicyclic) bond motifs is 1. The molecule has 1 amide bonds. The van der Waals surface area contributed by atoms with E-state index in [4.69, 9.17) is 4.74 Å². The van der Waals surface area contributed by atoms with Crippen molar-refractivity contribution in [3.05, 3.63) is 131 Å². The van der Waals surface area contributed by atoms with Gasteiger partial charge in [-0.2, -0.15) is 4.31 Å². The van der Waals surface area contributed by atoms with Crippen molar-refractivity contribution in [2.24, 2.45) is 5.92 Å². The van der Waals surface area contributed by atoms with Crippen LogP contribution >= 0.6 is 11.3 Å². The van der Waals surface area contributed by atoms with Crippen LogP contribution < -0.4 is 5.32 Å². The number of nitrogens with one attached hydrogen (secondary N) is 1. The van der Waals surface area contributed by atoms with Crippen molar-refractivity contribution < 1.29 is 30.6 Å². The smallest absolute Gasteiger partial charge is 0.407 e. The van der Waals surface area contributed by atoms with Crippen molar-refractivity contribution in [2.75, 3.05) is 20.3 Å². The molecule has 2 atom stereocenters. The molecule has 262 valence electrons. The Hall–Kier alpha value is -4.42. The molecule has 5 rings (SSSR count). The van der Waals surface area contributed by atoms with E-state index in [-0.39, 0.29) is 41.5 Å². The second kappa shape index (κ2) is 17.0. The summed E-state index contributed by atoms with van der Waals surface area (Å²) in [5.74, 6) is -1.10. The molecular weight excluding hydrogens is 671 g/mol. The van der Waals surface area contributed by atoms with E-state index in [2.05, 4.69) is 10.3 Å². The molecular formula is C39H43N3O6S2. The number of aliphatic hydroxyl groups is 1. The molecule has 0 saturated carbocycles. The average Bonchev–Trinajstić information content (AvgIpc) is 3.62. The van der Waals surface area contributed by atoms with Crippen LogP contribution in [0.3, 0.4) is 0 Å². The van der Waals surface area contributed by atoms with E-state index in [9.17, 15) is 25.9 Å². The van der Waals surface area contributed by atoms with Crippen molar-refractivity contribution in [1.29, 1.82) is 0 Å². The summed E-state index contributed by atoms with van der Waals surface area (Å²) in [5.41, 5.74) is 4.44. The number of alkyl carbamates (subject to hydrolysis) is 1. The third-order valence-electron chi connectivity index (χ3n) is 8.44. The van der Waals surface area contributed by atoms with Crippen LogP contribution in [0.5, 0.6) is 0 Å². The SMILES string of the molecule is [2H]C([2H])(C[C@@H](CO)N(CC(C)C)S(=O)(=O)c1ccc2ncsc2c1)c1ccccc1CC(=O)[C@@H](NC(=O)OC)C(c1ccccc1)c1ccccc1. The van der Waals surface area contributed by atoms with Crippen LogP contribution in [0.25, 0.3) is 10.2 Å². The lowest BCUT2D eigenvalue weighted by molar-refractivity contribution is -0.120. The molecule has 0 fully saturated rings. The number of aryl methyl sites for hydroxylation is 1. The van der Waals surface area contributed by atoms with Crippen LogP contribution in [0.1, 0.15) is 51.2 Å². The third kappa shape index (κ3) is 8.83. The number of rotatable bonds is 16. The number of ether oxygens (including phenoxy) is 1. The average molecular weight is 716 g/mol. The number of nitrogens with zero attached hydrogens (tertiary/aromatic N) is 2. The number of benzene rings is 4. The summed E-state index contributed by atoms with van der Waals surface area (Å²) < 4.78 is 53.7. The second-order valence-electron chi connectivity index (χ2n) is 12.4. The fourth-order valence-corrected chi connectivity index (χ4v) is 8.59. The highest BCUT2D eigenvalue weighted by molar-refractivity contribution is 7.89. The predicted molar refractivity (Wildman–Crippen MR) is 197 cm³/mol. The Morgan fingerprint density at radius 3 is 2.16 bits per heavy atom. The summed E-state index contributed by atoms with van der Waals surface area (Å²) in [7, 11) is -2.95. The topological polar surface area (TPSA) is 126 Å². The fourth-order valence-electron chi connectivity index (χ4n) is 6.00. The molecule has 1 aromatic heterocycles. The van der Waals surface area contributed by atoms with Gasteiger partial charge in [-0.15, -0.1) is 11.3 Å². The highest BCUT2D eigenvalue weighted by atomic mass is 32.2. The van der Waals surface area contributed by atoms with Gasteiger partial charge in [0.2, 0.25) is 10.0 Å². The van der Waals surface area contributed by atoms with E-state index in [0.29, 0.717) is 15.8 Å². The highest BCUT2D eigenvalue weighted by Crippen LogP contribution is 2.31. The van der Waals surface area contributed by atoms with Crippen LogP contribution in [0.4, 0.5) is 4.79 Å². The zero-order valence-corrected chi connectivity index (χ0v) is 29.9. The van der Waals surface area contributed by atoms with Crippen molar-refractivity contribution in [3.8, 4) is 0 Å². The fraction of sp³-hybridized carbons (Fsp3) is 0.308. The molecule has 1 heterocycles. The maximum atomic E-state index is 14.4. The molecule has 0 unspecified atom stereocenters. The minimum Gasteiger partial charge on any atom is -0.453 e. The first-order valence-electron chi connectivity index (χ1n) is 17.4. The van der Waals surface area contributed by atoms with Gasteiger partial charge in [0.15, 0.2) is 5.78 Å². The van der Waals surface area contributed by atoms with Crippen molar-refractivity contribution in [1.82, 2.24) is 14.6 Å². The van der Waals surface area contributed by atoms with Crippen molar-refractivity contribution >= 4 is 43.5 Å². The van der Waals surface area contributed by atoms with Gasteiger partial charge in [0.05, 0.1) is 34.3 Å². The molecule has 0 aliphatic rings. The van der Waals surface area contributed by atoms with E-state index < -0.39 is 47.1 Å². The Morgan fingerprint density at radius 1 is 0.940 bits per heavy atom. The first kappa shape index (κ1) is 34.0. The number of methoxy groups -OCH3 is 1. The number of aliphatic hydroxyl groups excluding tert-OH is 1. The Kier molecular flexibility index (Phi) is 11.6. The lowest BCUT2D eigenvalue weighted by Crippen LogP contribution is -2.46. The van der Waals surface area contributed by atoms with Gasteiger partial charge in [-0.1, -0.05) is 98.8 Å². The second-order valence-corrected chi connectivity index (χ2v) is 15.2. The lowest BCUT2D eigenvalue weighted by Gasteiger charge is -2.31. The number of hydrogen-bond donors (Lipinski definition) is 2. The number of Topliss-reactive ketones (excluding diaryl/α,β-unsaturated/α-hetero) is 1. The molecule has 5 aromatic rings. The highest BCUT2D eigenvalue weighted by Gasteiger charge is 2.34. The van der Waals surface area contributed by atoms with Crippen LogP contribution in [0.2, 0.25) is 0 Å².